The van der Waals surface area contributed by atoms with Gasteiger partial charge < -0.3 is 4.57 Å². The molecule has 0 bridgehead atoms. The van der Waals surface area contributed by atoms with E-state index in [9.17, 15) is 0 Å². The Hall–Kier alpha value is -2.10. The zero-order chi connectivity index (χ0) is 16.0. The van der Waals surface area contributed by atoms with Gasteiger partial charge in [-0.3, -0.25) is 9.97 Å². The molecule has 114 valence electrons. The van der Waals surface area contributed by atoms with Crippen LogP contribution in [0.3, 0.4) is 0 Å². The van der Waals surface area contributed by atoms with Gasteiger partial charge in [-0.05, 0) is 31.2 Å². The van der Waals surface area contributed by atoms with Crippen LogP contribution in [-0.2, 0) is 6.54 Å². The van der Waals surface area contributed by atoms with Gasteiger partial charge in [0, 0.05) is 52.1 Å². The summed E-state index contributed by atoms with van der Waals surface area (Å²) in [5.41, 5.74) is 4.07. The molecule has 3 aromatic heterocycles. The molecule has 4 rings (SSSR count). The molecule has 0 aliphatic heterocycles. The lowest BCUT2D eigenvalue weighted by Gasteiger charge is -2.10. The van der Waals surface area contributed by atoms with Crippen molar-refractivity contribution in [2.45, 2.75) is 13.5 Å². The van der Waals surface area contributed by atoms with Crippen LogP contribution >= 0.6 is 23.2 Å². The number of hydrogen-bond acceptors (Lipinski definition) is 2. The topological polar surface area (TPSA) is 30.7 Å². The van der Waals surface area contributed by atoms with Crippen molar-refractivity contribution in [3.05, 3.63) is 59.1 Å². The average molecular weight is 342 g/mol. The third-order valence-corrected chi connectivity index (χ3v) is 4.65. The highest BCUT2D eigenvalue weighted by atomic mass is 35.5. The van der Waals surface area contributed by atoms with Gasteiger partial charge in [0.1, 0.15) is 0 Å². The number of aromatic nitrogens is 3. The first-order chi connectivity index (χ1) is 11.2. The highest BCUT2D eigenvalue weighted by Gasteiger charge is 2.17. The van der Waals surface area contributed by atoms with E-state index in [2.05, 4.69) is 21.5 Å². The summed E-state index contributed by atoms with van der Waals surface area (Å²) in [5.74, 6) is 0. The summed E-state index contributed by atoms with van der Waals surface area (Å²) < 4.78 is 2.24. The van der Waals surface area contributed by atoms with Crippen molar-refractivity contribution in [2.75, 3.05) is 0 Å². The van der Waals surface area contributed by atoms with Gasteiger partial charge in [0.15, 0.2) is 0 Å². The van der Waals surface area contributed by atoms with E-state index in [1.165, 1.54) is 0 Å². The van der Waals surface area contributed by atoms with Gasteiger partial charge in [-0.25, -0.2) is 0 Å². The lowest BCUT2D eigenvalue weighted by atomic mass is 10.0. The third-order valence-electron chi connectivity index (χ3n) is 4.10. The zero-order valence-corrected chi connectivity index (χ0v) is 13.9. The number of pyridine rings is 2. The van der Waals surface area contributed by atoms with E-state index in [-0.39, 0.29) is 0 Å². The highest BCUT2D eigenvalue weighted by molar-refractivity contribution is 6.35. The molecule has 0 spiro atoms. The first-order valence-electron chi connectivity index (χ1n) is 7.36. The van der Waals surface area contributed by atoms with E-state index in [0.717, 1.165) is 39.5 Å². The quantitative estimate of drug-likeness (QED) is 0.476. The van der Waals surface area contributed by atoms with Crippen molar-refractivity contribution < 1.29 is 0 Å². The minimum atomic E-state index is 0.662. The molecule has 0 aliphatic rings. The Morgan fingerprint density at radius 3 is 2.52 bits per heavy atom. The van der Waals surface area contributed by atoms with E-state index in [1.807, 2.05) is 24.4 Å². The SMILES string of the molecule is CCn1c2cnccc2c2cc(Cl)cc(-c3cnccc3Cl)c21. The standard InChI is InChI=1S/C18H13Cl2N3/c1-2-23-17-10-22-5-3-12(17)13-7-11(19)8-14(18(13)23)15-9-21-6-4-16(15)20/h3-10H,2H2,1H3. The van der Waals surface area contributed by atoms with Crippen LogP contribution < -0.4 is 0 Å². The number of aryl methyl sites for hydroxylation is 1. The molecule has 0 saturated carbocycles. The van der Waals surface area contributed by atoms with Gasteiger partial charge >= 0.3 is 0 Å². The predicted molar refractivity (Wildman–Crippen MR) is 96.2 cm³/mol. The Kier molecular flexibility index (Phi) is 3.47. The van der Waals surface area contributed by atoms with Crippen LogP contribution in [0.15, 0.2) is 49.1 Å². The second kappa shape index (κ2) is 5.52. The minimum absolute atomic E-state index is 0.662. The summed E-state index contributed by atoms with van der Waals surface area (Å²) in [6.07, 6.45) is 7.16. The molecule has 0 atom stereocenters. The molecule has 1 aromatic carbocycles. The molecule has 5 heteroatoms. The number of rotatable bonds is 2. The Morgan fingerprint density at radius 2 is 1.74 bits per heavy atom. The van der Waals surface area contributed by atoms with Gasteiger partial charge in [0.25, 0.3) is 0 Å². The summed E-state index contributed by atoms with van der Waals surface area (Å²) >= 11 is 12.8. The molecule has 3 nitrogen and oxygen atoms in total. The van der Waals surface area contributed by atoms with E-state index in [4.69, 9.17) is 23.2 Å². The van der Waals surface area contributed by atoms with Crippen LogP contribution in [0.4, 0.5) is 0 Å². The second-order valence-corrected chi connectivity index (χ2v) is 6.19. The molecule has 0 unspecified atom stereocenters. The molecule has 0 fully saturated rings. The summed E-state index contributed by atoms with van der Waals surface area (Å²) in [5, 5.41) is 3.58. The van der Waals surface area contributed by atoms with Gasteiger partial charge in [0.05, 0.1) is 22.3 Å². The Bertz CT molecular complexity index is 1040. The lowest BCUT2D eigenvalue weighted by molar-refractivity contribution is 0.826. The maximum atomic E-state index is 6.40. The van der Waals surface area contributed by atoms with E-state index >= 15 is 0 Å². The van der Waals surface area contributed by atoms with Crippen LogP contribution in [-0.4, -0.2) is 14.5 Å². The molecule has 0 saturated heterocycles. The van der Waals surface area contributed by atoms with Crippen molar-refractivity contribution in [3.63, 3.8) is 0 Å². The van der Waals surface area contributed by atoms with E-state index in [0.29, 0.717) is 10.0 Å². The molecule has 0 aliphatic carbocycles. The van der Waals surface area contributed by atoms with Crippen molar-refractivity contribution in [3.8, 4) is 11.1 Å². The monoisotopic (exact) mass is 341 g/mol. The molecule has 3 heterocycles. The third kappa shape index (κ3) is 2.19. The molecule has 0 amide bonds. The van der Waals surface area contributed by atoms with Crippen LogP contribution in [0, 0.1) is 0 Å². The van der Waals surface area contributed by atoms with Gasteiger partial charge in [-0.2, -0.15) is 0 Å². The second-order valence-electron chi connectivity index (χ2n) is 5.34. The molecular formula is C18H13Cl2N3. The summed E-state index contributed by atoms with van der Waals surface area (Å²) in [6.45, 7) is 2.95. The summed E-state index contributed by atoms with van der Waals surface area (Å²) in [6, 6.07) is 7.77. The van der Waals surface area contributed by atoms with Crippen molar-refractivity contribution in [1.29, 1.82) is 0 Å². The van der Waals surface area contributed by atoms with Crippen LogP contribution in [0.1, 0.15) is 6.92 Å². The molecule has 23 heavy (non-hydrogen) atoms. The molecule has 4 aromatic rings. The first kappa shape index (κ1) is 14.5. The first-order valence-corrected chi connectivity index (χ1v) is 8.11. The van der Waals surface area contributed by atoms with Crippen LogP contribution in [0.2, 0.25) is 10.0 Å². The van der Waals surface area contributed by atoms with Gasteiger partial charge in [0.2, 0.25) is 0 Å². The fourth-order valence-corrected chi connectivity index (χ4v) is 3.58. The lowest BCUT2D eigenvalue weighted by Crippen LogP contribution is -1.96. The van der Waals surface area contributed by atoms with Crippen molar-refractivity contribution in [1.82, 2.24) is 14.5 Å². The molecule has 0 radical (unpaired) electrons. The fraction of sp³-hybridized carbons (Fsp3) is 0.111. The van der Waals surface area contributed by atoms with E-state index < -0.39 is 0 Å². The molecule has 0 N–H and O–H groups in total. The molecular weight excluding hydrogens is 329 g/mol. The maximum absolute atomic E-state index is 6.40. The van der Waals surface area contributed by atoms with E-state index in [1.54, 1.807) is 24.7 Å². The number of fused-ring (bicyclic) bond motifs is 3. The fourth-order valence-electron chi connectivity index (χ4n) is 3.15. The smallest absolute Gasteiger partial charge is 0.0677 e. The number of halogens is 2. The number of hydrogen-bond donors (Lipinski definition) is 0. The Morgan fingerprint density at radius 1 is 0.957 bits per heavy atom. The van der Waals surface area contributed by atoms with Crippen LogP contribution in [0.5, 0.6) is 0 Å². The minimum Gasteiger partial charge on any atom is -0.339 e. The Labute approximate surface area is 143 Å². The zero-order valence-electron chi connectivity index (χ0n) is 12.4. The van der Waals surface area contributed by atoms with Gasteiger partial charge in [-0.15, -0.1) is 0 Å². The average Bonchev–Trinajstić information content (AvgIpc) is 2.88. The summed E-state index contributed by atoms with van der Waals surface area (Å²) in [7, 11) is 0. The highest BCUT2D eigenvalue weighted by Crippen LogP contribution is 2.39. The normalized spacial score (nSPS) is 11.4. The Balaban J connectivity index is 2.23. The van der Waals surface area contributed by atoms with Crippen molar-refractivity contribution in [2.24, 2.45) is 0 Å². The number of benzene rings is 1. The van der Waals surface area contributed by atoms with Crippen molar-refractivity contribution >= 4 is 45.0 Å². The van der Waals surface area contributed by atoms with Gasteiger partial charge in [-0.1, -0.05) is 23.2 Å². The number of nitrogens with zero attached hydrogens (tertiary/aromatic N) is 3. The summed E-state index contributed by atoms with van der Waals surface area (Å²) in [4.78, 5) is 8.49. The van der Waals surface area contributed by atoms with Crippen LogP contribution in [0.25, 0.3) is 32.9 Å². The maximum Gasteiger partial charge on any atom is 0.0677 e. The largest absolute Gasteiger partial charge is 0.339 e. The predicted octanol–water partition coefficient (Wildman–Crippen LogP) is 5.58.